The van der Waals surface area contributed by atoms with Crippen LogP contribution in [0.3, 0.4) is 0 Å². The molecule has 38 heavy (non-hydrogen) atoms. The molecule has 202 valence electrons. The van der Waals surface area contributed by atoms with Crippen LogP contribution in [0.15, 0.2) is 36.4 Å². The van der Waals surface area contributed by atoms with Crippen LogP contribution in [0.5, 0.6) is 0 Å². The smallest absolute Gasteiger partial charge is 0.414 e. The van der Waals surface area contributed by atoms with Gasteiger partial charge in [-0.1, -0.05) is 11.6 Å². The van der Waals surface area contributed by atoms with Crippen molar-refractivity contribution in [3.05, 3.63) is 45.6 Å². The van der Waals surface area contributed by atoms with Crippen LogP contribution < -0.4 is 9.80 Å². The number of cyclic esters (lactones) is 1. The number of rotatable bonds is 10. The standard InChI is InChI=1S/C24H25ClN4O8S/c1-26(8-10-30)21(23(33)34)29(22(32)18-6-7-19(25)38-18)13-17-12-28(24(35)37-17)16-4-2-15(3-5-16)27-9-11-36-14-20(27)31/h2-7,10,17,21H,8-9,11-14H2,1H3,(H,33,34)/t17-,21?/m1/s1. The molecule has 2 aromatic rings. The highest BCUT2D eigenvalue weighted by atomic mass is 35.5. The Morgan fingerprint density at radius 1 is 1.18 bits per heavy atom. The number of ether oxygens (including phenoxy) is 2. The summed E-state index contributed by atoms with van der Waals surface area (Å²) in [5.74, 6) is -2.13. The van der Waals surface area contributed by atoms with Crippen LogP contribution in [0.25, 0.3) is 0 Å². The normalized spacial score (nSPS) is 18.4. The number of morpholine rings is 1. The molecular formula is C24H25ClN4O8S. The second-order valence-corrected chi connectivity index (χ2v) is 10.3. The van der Waals surface area contributed by atoms with Gasteiger partial charge in [0.25, 0.3) is 11.8 Å². The summed E-state index contributed by atoms with van der Waals surface area (Å²) >= 11 is 6.97. The van der Waals surface area contributed by atoms with Crippen molar-refractivity contribution in [2.45, 2.75) is 12.3 Å². The van der Waals surface area contributed by atoms with E-state index >= 15 is 0 Å². The molecule has 1 unspecified atom stereocenters. The number of halogens is 1. The topological polar surface area (TPSA) is 137 Å². The molecule has 3 amide bonds. The SMILES string of the molecule is CN(CC=O)C(C(=O)O)N(C[C@H]1CN(c2ccc(N3CCOCC3=O)cc2)C(=O)O1)C(=O)c1ccc(Cl)s1. The molecule has 12 nitrogen and oxygen atoms in total. The van der Waals surface area contributed by atoms with E-state index < -0.39 is 30.2 Å². The van der Waals surface area contributed by atoms with E-state index in [1.807, 2.05) is 0 Å². The molecule has 0 radical (unpaired) electrons. The van der Waals surface area contributed by atoms with Crippen molar-refractivity contribution in [3.63, 3.8) is 0 Å². The number of amides is 3. The Bertz CT molecular complexity index is 1220. The summed E-state index contributed by atoms with van der Waals surface area (Å²) in [5, 5.41) is 9.92. The highest BCUT2D eigenvalue weighted by Gasteiger charge is 2.40. The summed E-state index contributed by atoms with van der Waals surface area (Å²) in [5.41, 5.74) is 1.18. The number of thiophene rings is 1. The van der Waals surface area contributed by atoms with Crippen molar-refractivity contribution in [3.8, 4) is 0 Å². The van der Waals surface area contributed by atoms with Crippen molar-refractivity contribution in [2.75, 3.05) is 56.2 Å². The van der Waals surface area contributed by atoms with Crippen LogP contribution in [-0.2, 0) is 23.9 Å². The van der Waals surface area contributed by atoms with E-state index in [1.54, 1.807) is 29.2 Å². The maximum absolute atomic E-state index is 13.4. The Labute approximate surface area is 226 Å². The van der Waals surface area contributed by atoms with Crippen LogP contribution in [-0.4, -0.2) is 104 Å². The molecule has 1 aromatic heterocycles. The molecule has 2 aliphatic rings. The lowest BCUT2D eigenvalue weighted by Crippen LogP contribution is -2.56. The fourth-order valence-electron chi connectivity index (χ4n) is 4.29. The zero-order valence-corrected chi connectivity index (χ0v) is 21.9. The molecule has 1 aromatic carbocycles. The van der Waals surface area contributed by atoms with Crippen LogP contribution in [0.4, 0.5) is 16.2 Å². The van der Waals surface area contributed by atoms with E-state index in [4.69, 9.17) is 21.1 Å². The fourth-order valence-corrected chi connectivity index (χ4v) is 5.29. The molecular weight excluding hydrogens is 540 g/mol. The van der Waals surface area contributed by atoms with Crippen molar-refractivity contribution < 1.29 is 38.6 Å². The average Bonchev–Trinajstić information content (AvgIpc) is 3.48. The van der Waals surface area contributed by atoms with Gasteiger partial charge < -0.3 is 29.2 Å². The molecule has 0 spiro atoms. The fraction of sp³-hybridized carbons (Fsp3) is 0.375. The number of aliphatic carboxylic acids is 1. The Balaban J connectivity index is 1.53. The third-order valence-corrected chi connectivity index (χ3v) is 7.29. The number of hydrogen-bond donors (Lipinski definition) is 1. The molecule has 14 heteroatoms. The Hall–Kier alpha value is -3.52. The monoisotopic (exact) mass is 564 g/mol. The zero-order chi connectivity index (χ0) is 27.4. The number of likely N-dealkylation sites (N-methyl/N-ethyl adjacent to an activating group) is 1. The minimum absolute atomic E-state index is 0.00809. The van der Waals surface area contributed by atoms with E-state index in [1.165, 1.54) is 29.0 Å². The summed E-state index contributed by atoms with van der Waals surface area (Å²) < 4.78 is 11.0. The number of carboxylic acid groups (broad SMARTS) is 1. The summed E-state index contributed by atoms with van der Waals surface area (Å²) in [6.45, 7) is 0.438. The lowest BCUT2D eigenvalue weighted by molar-refractivity contribution is -0.149. The molecule has 0 bridgehead atoms. The number of carbonyl (C=O) groups is 5. The van der Waals surface area contributed by atoms with Crippen LogP contribution in [0.1, 0.15) is 9.67 Å². The number of carbonyl (C=O) groups excluding carboxylic acids is 4. The minimum atomic E-state index is -1.49. The van der Waals surface area contributed by atoms with Gasteiger partial charge in [-0.05, 0) is 43.4 Å². The van der Waals surface area contributed by atoms with Gasteiger partial charge in [-0.2, -0.15) is 0 Å². The summed E-state index contributed by atoms with van der Waals surface area (Å²) in [7, 11) is 1.41. The summed E-state index contributed by atoms with van der Waals surface area (Å²) in [6, 6.07) is 9.78. The van der Waals surface area contributed by atoms with Gasteiger partial charge in [-0.25, -0.2) is 9.59 Å². The van der Waals surface area contributed by atoms with E-state index in [0.717, 1.165) is 16.2 Å². The number of carboxylic acids is 1. The van der Waals surface area contributed by atoms with Gasteiger partial charge in [0.1, 0.15) is 19.0 Å². The third kappa shape index (κ3) is 5.96. The Morgan fingerprint density at radius 2 is 1.87 bits per heavy atom. The van der Waals surface area contributed by atoms with Crippen molar-refractivity contribution in [1.29, 1.82) is 0 Å². The molecule has 2 aliphatic heterocycles. The molecule has 3 heterocycles. The maximum Gasteiger partial charge on any atom is 0.414 e. The molecule has 2 fully saturated rings. The van der Waals surface area contributed by atoms with Crippen molar-refractivity contribution in [1.82, 2.24) is 9.80 Å². The zero-order valence-electron chi connectivity index (χ0n) is 20.3. The summed E-state index contributed by atoms with van der Waals surface area (Å²) in [6.07, 6.45) is -2.48. The van der Waals surface area contributed by atoms with E-state index in [2.05, 4.69) is 0 Å². The van der Waals surface area contributed by atoms with Gasteiger partial charge in [-0.15, -0.1) is 11.3 Å². The predicted octanol–water partition coefficient (Wildman–Crippen LogP) is 1.77. The van der Waals surface area contributed by atoms with Gasteiger partial charge in [0.05, 0.1) is 35.5 Å². The first-order valence-corrected chi connectivity index (χ1v) is 12.8. The molecule has 1 N–H and O–H groups in total. The second-order valence-electron chi connectivity index (χ2n) is 8.61. The average molecular weight is 565 g/mol. The molecule has 0 saturated carbocycles. The third-order valence-electron chi connectivity index (χ3n) is 6.07. The predicted molar refractivity (Wildman–Crippen MR) is 138 cm³/mol. The lowest BCUT2D eigenvalue weighted by atomic mass is 10.2. The van der Waals surface area contributed by atoms with E-state index in [-0.39, 0.29) is 37.0 Å². The van der Waals surface area contributed by atoms with E-state index in [9.17, 15) is 29.1 Å². The minimum Gasteiger partial charge on any atom is -0.479 e. The van der Waals surface area contributed by atoms with Gasteiger partial charge in [-0.3, -0.25) is 19.4 Å². The quantitative estimate of drug-likeness (QED) is 0.338. The van der Waals surface area contributed by atoms with Crippen LogP contribution in [0.2, 0.25) is 4.34 Å². The first-order valence-electron chi connectivity index (χ1n) is 11.6. The van der Waals surface area contributed by atoms with Gasteiger partial charge >= 0.3 is 12.1 Å². The largest absolute Gasteiger partial charge is 0.479 e. The second kappa shape index (κ2) is 11.9. The Morgan fingerprint density at radius 3 is 2.45 bits per heavy atom. The highest BCUT2D eigenvalue weighted by Crippen LogP contribution is 2.28. The number of benzene rings is 1. The van der Waals surface area contributed by atoms with Crippen molar-refractivity contribution >= 4 is 64.5 Å². The molecule has 2 atom stereocenters. The van der Waals surface area contributed by atoms with Gasteiger partial charge in [0, 0.05) is 17.9 Å². The molecule has 2 saturated heterocycles. The van der Waals surface area contributed by atoms with Gasteiger partial charge in [0.2, 0.25) is 0 Å². The summed E-state index contributed by atoms with van der Waals surface area (Å²) in [4.78, 5) is 66.9. The maximum atomic E-state index is 13.4. The lowest BCUT2D eigenvalue weighted by Gasteiger charge is -2.34. The number of hydrogen-bond acceptors (Lipinski definition) is 9. The number of aldehydes is 1. The van der Waals surface area contributed by atoms with E-state index in [0.29, 0.717) is 35.1 Å². The Kier molecular flexibility index (Phi) is 8.62. The molecule has 0 aliphatic carbocycles. The van der Waals surface area contributed by atoms with Crippen molar-refractivity contribution in [2.24, 2.45) is 0 Å². The first kappa shape index (κ1) is 27.5. The molecule has 4 rings (SSSR count). The van der Waals surface area contributed by atoms with Gasteiger partial charge in [0.15, 0.2) is 6.17 Å². The number of nitrogens with zero attached hydrogens (tertiary/aromatic N) is 4. The highest BCUT2D eigenvalue weighted by molar-refractivity contribution is 7.18. The van der Waals surface area contributed by atoms with Crippen LogP contribution in [0, 0.1) is 0 Å². The number of anilines is 2. The first-order chi connectivity index (χ1) is 18.2. The van der Waals surface area contributed by atoms with Crippen LogP contribution >= 0.6 is 22.9 Å².